The van der Waals surface area contributed by atoms with Gasteiger partial charge < -0.3 is 10.1 Å². The van der Waals surface area contributed by atoms with E-state index < -0.39 is 5.87 Å². The molecule has 0 aromatic rings. The van der Waals surface area contributed by atoms with Crippen molar-refractivity contribution in [3.05, 3.63) is 48.7 Å². The number of carbonyl (C=O) groups excluding carboxylic acids is 1. The molecule has 0 fully saturated rings. The molecule has 1 unspecified atom stereocenters. The molecular weight excluding hydrogens is 261 g/mol. The molecule has 0 spiro atoms. The molecule has 0 heterocycles. The molecular formula is C17H26BNO2. The van der Waals surface area contributed by atoms with Gasteiger partial charge in [0.1, 0.15) is 6.10 Å². The Hall–Kier alpha value is -1.71. The molecule has 0 aliphatic rings. The minimum absolute atomic E-state index is 0.358. The van der Waals surface area contributed by atoms with Crippen LogP contribution in [0.15, 0.2) is 48.7 Å². The van der Waals surface area contributed by atoms with Crippen molar-refractivity contribution in [1.29, 1.82) is 0 Å². The standard InChI is InChI=1S/C17H26BNO2/c1-5-9-13-19-15(8-4)12-11-14(7-3)16(10-6-2)21-17(18)20/h7-8,11-12,16,19H,3-6,9-10,13H2,1-2H3/b14-11+,15-12+. The Kier molecular flexibility index (Phi) is 11.1. The van der Waals surface area contributed by atoms with Crippen LogP contribution in [0.1, 0.15) is 39.5 Å². The van der Waals surface area contributed by atoms with Gasteiger partial charge in [0.25, 0.3) is 0 Å². The largest absolute Gasteiger partial charge is 0.466 e. The number of unbranched alkanes of at least 4 members (excludes halogenated alkanes) is 1. The van der Waals surface area contributed by atoms with Crippen LogP contribution in [0.2, 0.25) is 0 Å². The molecule has 0 rings (SSSR count). The van der Waals surface area contributed by atoms with Gasteiger partial charge in [-0.25, -0.2) is 0 Å². The molecule has 0 aliphatic heterocycles. The van der Waals surface area contributed by atoms with Gasteiger partial charge in [-0.2, -0.15) is 0 Å². The fourth-order valence-corrected chi connectivity index (χ4v) is 1.80. The fraction of sp³-hybridized carbons (Fsp3) is 0.471. The first-order chi connectivity index (χ1) is 10.1. The first kappa shape index (κ1) is 19.3. The van der Waals surface area contributed by atoms with Crippen molar-refractivity contribution >= 4 is 13.7 Å². The van der Waals surface area contributed by atoms with Crippen molar-refractivity contribution in [3.63, 3.8) is 0 Å². The van der Waals surface area contributed by atoms with Gasteiger partial charge >= 0.3 is 0 Å². The molecule has 2 radical (unpaired) electrons. The lowest BCUT2D eigenvalue weighted by Gasteiger charge is -2.17. The minimum Gasteiger partial charge on any atom is -0.466 e. The summed E-state index contributed by atoms with van der Waals surface area (Å²) in [5.41, 5.74) is 1.75. The average molecular weight is 287 g/mol. The van der Waals surface area contributed by atoms with Gasteiger partial charge in [0, 0.05) is 12.2 Å². The van der Waals surface area contributed by atoms with Crippen LogP contribution in [0.4, 0.5) is 4.79 Å². The summed E-state index contributed by atoms with van der Waals surface area (Å²) in [7, 11) is 5.11. The third-order valence-electron chi connectivity index (χ3n) is 2.95. The maximum absolute atomic E-state index is 11.0. The summed E-state index contributed by atoms with van der Waals surface area (Å²) in [6.45, 7) is 12.6. The smallest absolute Gasteiger partial charge is 0.236 e. The highest BCUT2D eigenvalue weighted by Crippen LogP contribution is 2.15. The topological polar surface area (TPSA) is 38.3 Å². The third-order valence-corrected chi connectivity index (χ3v) is 2.95. The van der Waals surface area contributed by atoms with Gasteiger partial charge in [-0.05, 0) is 30.6 Å². The summed E-state index contributed by atoms with van der Waals surface area (Å²) in [4.78, 5) is 11.0. The number of carbonyl (C=O) groups is 1. The van der Waals surface area contributed by atoms with Crippen LogP contribution in [0.5, 0.6) is 0 Å². The second-order valence-corrected chi connectivity index (χ2v) is 4.69. The molecule has 1 atom stereocenters. The summed E-state index contributed by atoms with van der Waals surface area (Å²) >= 11 is 0. The first-order valence-electron chi connectivity index (χ1n) is 7.45. The Morgan fingerprint density at radius 3 is 2.43 bits per heavy atom. The first-order valence-corrected chi connectivity index (χ1v) is 7.45. The Bertz CT molecular complexity index is 400. The Labute approximate surface area is 130 Å². The highest BCUT2D eigenvalue weighted by molar-refractivity contribution is 6.55. The van der Waals surface area contributed by atoms with Crippen LogP contribution in [0.3, 0.4) is 0 Å². The van der Waals surface area contributed by atoms with Crippen LogP contribution >= 0.6 is 0 Å². The zero-order valence-electron chi connectivity index (χ0n) is 13.2. The van der Waals surface area contributed by atoms with Crippen molar-refractivity contribution in [2.75, 3.05) is 6.54 Å². The van der Waals surface area contributed by atoms with Gasteiger partial charge in [-0.1, -0.05) is 52.0 Å². The predicted octanol–water partition coefficient (Wildman–Crippen LogP) is 4.03. The van der Waals surface area contributed by atoms with E-state index in [1.165, 1.54) is 0 Å². The molecule has 0 aromatic heterocycles. The van der Waals surface area contributed by atoms with Crippen LogP contribution < -0.4 is 5.32 Å². The van der Waals surface area contributed by atoms with E-state index in [1.807, 2.05) is 19.1 Å². The predicted molar refractivity (Wildman–Crippen MR) is 90.4 cm³/mol. The number of allylic oxidation sites excluding steroid dienone is 3. The van der Waals surface area contributed by atoms with Crippen LogP contribution in [-0.4, -0.2) is 26.4 Å². The number of hydrogen-bond acceptors (Lipinski definition) is 3. The SMILES string of the molecule is [B]C(=O)OC(CCC)/C(C=C)=C/C=C(\C=C)NCCCC. The van der Waals surface area contributed by atoms with Crippen molar-refractivity contribution in [1.82, 2.24) is 5.32 Å². The molecule has 3 nitrogen and oxygen atoms in total. The molecule has 0 bridgehead atoms. The molecule has 21 heavy (non-hydrogen) atoms. The van der Waals surface area contributed by atoms with Gasteiger partial charge in [0.2, 0.25) is 13.7 Å². The van der Waals surface area contributed by atoms with Crippen LogP contribution in [0.25, 0.3) is 0 Å². The molecule has 114 valence electrons. The summed E-state index contributed by atoms with van der Waals surface area (Å²) in [5, 5.41) is 3.29. The highest BCUT2D eigenvalue weighted by atomic mass is 16.5. The van der Waals surface area contributed by atoms with Gasteiger partial charge in [0.05, 0.1) is 0 Å². The highest BCUT2D eigenvalue weighted by Gasteiger charge is 2.13. The minimum atomic E-state index is -0.768. The van der Waals surface area contributed by atoms with Crippen molar-refractivity contribution in [2.24, 2.45) is 0 Å². The van der Waals surface area contributed by atoms with Crippen molar-refractivity contribution in [3.8, 4) is 0 Å². The maximum atomic E-state index is 11.0. The second kappa shape index (κ2) is 12.1. The zero-order valence-corrected chi connectivity index (χ0v) is 13.2. The maximum Gasteiger partial charge on any atom is 0.236 e. The number of ether oxygens (including phenoxy) is 1. The quantitative estimate of drug-likeness (QED) is 0.354. The number of hydrogen-bond donors (Lipinski definition) is 1. The fourth-order valence-electron chi connectivity index (χ4n) is 1.80. The second-order valence-electron chi connectivity index (χ2n) is 4.69. The lowest BCUT2D eigenvalue weighted by atomic mass is 10.0. The molecule has 0 saturated carbocycles. The summed E-state index contributed by atoms with van der Waals surface area (Å²) in [6, 6.07) is 0. The van der Waals surface area contributed by atoms with E-state index in [2.05, 4.69) is 25.4 Å². The van der Waals surface area contributed by atoms with E-state index in [9.17, 15) is 4.79 Å². The van der Waals surface area contributed by atoms with E-state index in [1.54, 1.807) is 12.2 Å². The average Bonchev–Trinajstić information content (AvgIpc) is 2.45. The molecule has 4 heteroatoms. The van der Waals surface area contributed by atoms with E-state index >= 15 is 0 Å². The normalized spacial score (nSPS) is 13.4. The zero-order chi connectivity index (χ0) is 16.1. The molecule has 0 aliphatic carbocycles. The van der Waals surface area contributed by atoms with Gasteiger partial charge in [0.15, 0.2) is 0 Å². The van der Waals surface area contributed by atoms with Crippen molar-refractivity contribution in [2.45, 2.75) is 45.6 Å². The lowest BCUT2D eigenvalue weighted by Crippen LogP contribution is -2.19. The van der Waals surface area contributed by atoms with Crippen LogP contribution in [-0.2, 0) is 4.74 Å². The Morgan fingerprint density at radius 1 is 1.24 bits per heavy atom. The Balaban J connectivity index is 4.95. The number of rotatable bonds is 11. The molecule has 0 aromatic carbocycles. The monoisotopic (exact) mass is 287 g/mol. The number of nitrogens with one attached hydrogen (secondary N) is 1. The molecule has 0 amide bonds. The summed E-state index contributed by atoms with van der Waals surface area (Å²) in [5.74, 6) is -0.768. The van der Waals surface area contributed by atoms with Crippen LogP contribution in [0, 0.1) is 0 Å². The summed E-state index contributed by atoms with van der Waals surface area (Å²) < 4.78 is 5.13. The third kappa shape index (κ3) is 8.95. The molecule has 0 saturated heterocycles. The van der Waals surface area contributed by atoms with E-state index in [-0.39, 0.29) is 6.10 Å². The van der Waals surface area contributed by atoms with E-state index in [0.29, 0.717) is 6.42 Å². The van der Waals surface area contributed by atoms with E-state index in [0.717, 1.165) is 37.1 Å². The molecule has 1 N–H and O–H groups in total. The lowest BCUT2D eigenvalue weighted by molar-refractivity contribution is 0.136. The van der Waals surface area contributed by atoms with E-state index in [4.69, 9.17) is 12.6 Å². The van der Waals surface area contributed by atoms with Gasteiger partial charge in [-0.15, -0.1) is 0 Å². The van der Waals surface area contributed by atoms with Gasteiger partial charge in [-0.3, -0.25) is 4.79 Å². The Morgan fingerprint density at radius 2 is 1.95 bits per heavy atom. The summed E-state index contributed by atoms with van der Waals surface area (Å²) in [6.07, 6.45) is 10.7. The van der Waals surface area contributed by atoms with Crippen molar-refractivity contribution < 1.29 is 9.53 Å².